The highest BCUT2D eigenvalue weighted by atomic mass is 19.1. The second-order valence-electron chi connectivity index (χ2n) is 15.4. The zero-order chi connectivity index (χ0) is 40.8. The quantitative estimate of drug-likeness (QED) is 0.111. The first-order valence-electron chi connectivity index (χ1n) is 19.9. The van der Waals surface area contributed by atoms with E-state index in [1.807, 2.05) is 0 Å². The number of rotatable bonds is 12. The Bertz CT molecular complexity index is 1730. The second kappa shape index (κ2) is 19.1. The molecule has 4 aliphatic heterocycles. The third kappa shape index (κ3) is 10.6. The molecular formula is C44H50F4N2O8. The topological polar surface area (TPSA) is 142 Å². The van der Waals surface area contributed by atoms with E-state index in [0.29, 0.717) is 74.4 Å². The summed E-state index contributed by atoms with van der Waals surface area (Å²) in [7, 11) is 0. The fourth-order valence-electron chi connectivity index (χ4n) is 7.88. The summed E-state index contributed by atoms with van der Waals surface area (Å²) >= 11 is 0. The van der Waals surface area contributed by atoms with Crippen molar-refractivity contribution in [2.24, 2.45) is 0 Å². The van der Waals surface area contributed by atoms with Crippen LogP contribution in [0.2, 0.25) is 0 Å². The van der Waals surface area contributed by atoms with Crippen molar-refractivity contribution < 1.29 is 56.9 Å². The minimum atomic E-state index is -0.753. The van der Waals surface area contributed by atoms with E-state index in [0.717, 1.165) is 22.3 Å². The van der Waals surface area contributed by atoms with Gasteiger partial charge in [0.05, 0.1) is 0 Å². The van der Waals surface area contributed by atoms with Crippen LogP contribution < -0.4 is 29.6 Å². The average molecular weight is 811 g/mol. The van der Waals surface area contributed by atoms with Crippen LogP contribution >= 0.6 is 0 Å². The smallest absolute Gasteiger partial charge is 0.126 e. The summed E-state index contributed by atoms with van der Waals surface area (Å²) < 4.78 is 76.3. The molecule has 4 heterocycles. The van der Waals surface area contributed by atoms with Crippen LogP contribution in [0.1, 0.15) is 47.9 Å². The second-order valence-corrected chi connectivity index (χ2v) is 15.4. The van der Waals surface area contributed by atoms with Gasteiger partial charge < -0.3 is 50.0 Å². The summed E-state index contributed by atoms with van der Waals surface area (Å²) in [6.45, 7) is 1.03. The van der Waals surface area contributed by atoms with Gasteiger partial charge in [-0.15, -0.1) is 0 Å². The van der Waals surface area contributed by atoms with E-state index in [2.05, 4.69) is 10.6 Å². The van der Waals surface area contributed by atoms with Crippen LogP contribution in [-0.2, 0) is 25.7 Å². The SMILES string of the molecule is O[C@H](CNC[C@H](O)[C@H]1CCc2cc(F)ccc2O1)[C@@H]1CCc2cc(F)ccc2O1.O[C@H](CNC[C@H](O)[C@H]1CCc2cc(F)ccc2O1)[C@@H]1CCc2cc(F)ccc2O1. The number of fused-ring (bicyclic) bond motifs is 4. The Kier molecular flexibility index (Phi) is 13.7. The Morgan fingerprint density at radius 2 is 0.638 bits per heavy atom. The molecule has 8 atom stereocenters. The van der Waals surface area contributed by atoms with E-state index in [1.54, 1.807) is 24.3 Å². The van der Waals surface area contributed by atoms with E-state index in [9.17, 15) is 38.0 Å². The van der Waals surface area contributed by atoms with Gasteiger partial charge >= 0.3 is 0 Å². The number of aliphatic hydroxyl groups excluding tert-OH is 4. The number of aryl methyl sites for hydroxylation is 4. The number of aliphatic hydroxyl groups is 4. The summed E-state index contributed by atoms with van der Waals surface area (Å²) in [5, 5.41) is 47.8. The van der Waals surface area contributed by atoms with Gasteiger partial charge in [-0.3, -0.25) is 0 Å². The maximum Gasteiger partial charge on any atom is 0.126 e. The van der Waals surface area contributed by atoms with E-state index >= 15 is 0 Å². The molecule has 312 valence electrons. The molecule has 0 aliphatic carbocycles. The molecule has 6 N–H and O–H groups in total. The first-order valence-corrected chi connectivity index (χ1v) is 19.9. The number of hydrogen-bond donors (Lipinski definition) is 6. The average Bonchev–Trinajstić information content (AvgIpc) is 3.22. The van der Waals surface area contributed by atoms with Gasteiger partial charge in [-0.25, -0.2) is 17.6 Å². The molecule has 8 rings (SSSR count). The third-order valence-electron chi connectivity index (χ3n) is 11.1. The molecule has 4 aliphatic rings. The molecule has 0 fully saturated rings. The lowest BCUT2D eigenvalue weighted by Crippen LogP contribution is -2.46. The summed E-state index contributed by atoms with van der Waals surface area (Å²) in [5.41, 5.74) is 3.25. The van der Waals surface area contributed by atoms with Crippen LogP contribution in [0.15, 0.2) is 72.8 Å². The maximum atomic E-state index is 13.3. The van der Waals surface area contributed by atoms with Crippen molar-refractivity contribution in [2.45, 2.75) is 100 Å². The molecular weight excluding hydrogens is 760 g/mol. The number of benzene rings is 4. The molecule has 0 saturated heterocycles. The van der Waals surface area contributed by atoms with Crippen LogP contribution in [0, 0.1) is 23.3 Å². The molecule has 4 aromatic rings. The van der Waals surface area contributed by atoms with Crippen LogP contribution in [0.3, 0.4) is 0 Å². The van der Waals surface area contributed by atoms with Crippen LogP contribution in [0.5, 0.6) is 23.0 Å². The number of hydrogen-bond acceptors (Lipinski definition) is 10. The Labute approximate surface area is 334 Å². The fraction of sp³-hybridized carbons (Fsp3) is 0.455. The molecule has 0 spiro atoms. The zero-order valence-electron chi connectivity index (χ0n) is 32.0. The lowest BCUT2D eigenvalue weighted by molar-refractivity contribution is 0.00889. The number of halogens is 4. The molecule has 14 heteroatoms. The van der Waals surface area contributed by atoms with Gasteiger partial charge in [0.2, 0.25) is 0 Å². The summed E-state index contributed by atoms with van der Waals surface area (Å²) in [4.78, 5) is 0. The van der Waals surface area contributed by atoms with Crippen molar-refractivity contribution in [3.05, 3.63) is 118 Å². The molecule has 0 aromatic heterocycles. The van der Waals surface area contributed by atoms with Crippen molar-refractivity contribution in [3.63, 3.8) is 0 Å². The van der Waals surface area contributed by atoms with Gasteiger partial charge in [0.25, 0.3) is 0 Å². The van der Waals surface area contributed by atoms with Crippen molar-refractivity contribution >= 4 is 0 Å². The molecule has 0 amide bonds. The normalized spacial score (nSPS) is 22.6. The standard InChI is InChI=1S/2C22H25F2NO4/c2*23-15-3-7-19-13(9-15)1-5-21(28-19)17(26)11-25-12-18(27)22-6-2-14-10-16(24)4-8-20(14)29-22/h2*3-4,7-10,17-18,21-22,25-27H,1-2,5-6,11-12H2/t2*17-,18+,21+,22-. The first-order chi connectivity index (χ1) is 28.0. The van der Waals surface area contributed by atoms with E-state index < -0.39 is 24.4 Å². The van der Waals surface area contributed by atoms with Gasteiger partial charge in [-0.05, 0) is 146 Å². The molecule has 58 heavy (non-hydrogen) atoms. The van der Waals surface area contributed by atoms with Gasteiger partial charge in [0.15, 0.2) is 0 Å². The molecule has 0 radical (unpaired) electrons. The highest BCUT2D eigenvalue weighted by Crippen LogP contribution is 2.32. The van der Waals surface area contributed by atoms with Gasteiger partial charge in [0.1, 0.15) is 95.1 Å². The Hall–Kier alpha value is -4.44. The molecule has 10 nitrogen and oxygen atoms in total. The Balaban J connectivity index is 0.000000177. The Morgan fingerprint density at radius 3 is 0.862 bits per heavy atom. The van der Waals surface area contributed by atoms with Gasteiger partial charge in [0, 0.05) is 26.2 Å². The summed E-state index contributed by atoms with van der Waals surface area (Å²) in [6, 6.07) is 17.6. The minimum absolute atomic E-state index is 0.257. The molecule has 0 unspecified atom stereocenters. The number of nitrogens with one attached hydrogen (secondary N) is 2. The maximum absolute atomic E-state index is 13.3. The zero-order valence-corrected chi connectivity index (χ0v) is 32.0. The predicted molar refractivity (Wildman–Crippen MR) is 206 cm³/mol. The van der Waals surface area contributed by atoms with Gasteiger partial charge in [-0.2, -0.15) is 0 Å². The van der Waals surface area contributed by atoms with Crippen LogP contribution in [0.25, 0.3) is 0 Å². The van der Waals surface area contributed by atoms with Crippen molar-refractivity contribution in [2.75, 3.05) is 26.2 Å². The monoisotopic (exact) mass is 810 g/mol. The lowest BCUT2D eigenvalue weighted by atomic mass is 9.98. The van der Waals surface area contributed by atoms with E-state index in [1.165, 1.54) is 48.5 Å². The van der Waals surface area contributed by atoms with E-state index in [4.69, 9.17) is 18.9 Å². The van der Waals surface area contributed by atoms with Crippen LogP contribution in [0.4, 0.5) is 17.6 Å². The van der Waals surface area contributed by atoms with Crippen LogP contribution in [-0.4, -0.2) is 95.4 Å². The summed E-state index contributed by atoms with van der Waals surface area (Å²) in [6.07, 6.45) is 0.428. The molecule has 0 bridgehead atoms. The number of ether oxygens (including phenoxy) is 4. The largest absolute Gasteiger partial charge is 0.487 e. The minimum Gasteiger partial charge on any atom is -0.487 e. The van der Waals surface area contributed by atoms with Crippen molar-refractivity contribution in [1.29, 1.82) is 0 Å². The van der Waals surface area contributed by atoms with Gasteiger partial charge in [-0.1, -0.05) is 0 Å². The van der Waals surface area contributed by atoms with Crippen molar-refractivity contribution in [1.82, 2.24) is 10.6 Å². The first kappa shape index (κ1) is 41.7. The fourth-order valence-corrected chi connectivity index (χ4v) is 7.88. The lowest BCUT2D eigenvalue weighted by Gasteiger charge is -2.31. The summed E-state index contributed by atoms with van der Waals surface area (Å²) in [5.74, 6) is 1.25. The Morgan fingerprint density at radius 1 is 0.414 bits per heavy atom. The molecule has 0 saturated carbocycles. The van der Waals surface area contributed by atoms with Crippen molar-refractivity contribution in [3.8, 4) is 23.0 Å². The third-order valence-corrected chi connectivity index (χ3v) is 11.1. The highest BCUT2D eigenvalue weighted by Gasteiger charge is 2.31. The predicted octanol–water partition coefficient (Wildman–Crippen LogP) is 4.73. The van der Waals surface area contributed by atoms with E-state index in [-0.39, 0.29) is 73.9 Å². The molecule has 4 aromatic carbocycles. The highest BCUT2D eigenvalue weighted by molar-refractivity contribution is 5.38.